The maximum Gasteiger partial charge on any atom is 0.305 e. The lowest BCUT2D eigenvalue weighted by Gasteiger charge is -2.49. The summed E-state index contributed by atoms with van der Waals surface area (Å²) in [6.07, 6.45) is -17.1. The van der Waals surface area contributed by atoms with Gasteiger partial charge in [-0.1, -0.05) is 25.7 Å². The van der Waals surface area contributed by atoms with E-state index in [2.05, 4.69) is 10.1 Å². The number of esters is 1. The molecule has 0 radical (unpaired) electrons. The second kappa shape index (κ2) is 20.4. The molecule has 3 aliphatic rings. The molecular formula is C30H53NO18. The summed E-state index contributed by atoms with van der Waals surface area (Å²) in [6, 6.07) is -1.48. The highest BCUT2D eigenvalue weighted by Gasteiger charge is 2.54. The lowest BCUT2D eigenvalue weighted by atomic mass is 9.94. The van der Waals surface area contributed by atoms with Crippen LogP contribution in [0, 0.1) is 0 Å². The van der Waals surface area contributed by atoms with Gasteiger partial charge in [0.05, 0.1) is 26.9 Å². The summed E-state index contributed by atoms with van der Waals surface area (Å²) in [5, 5.41) is 96.0. The molecule has 0 aliphatic carbocycles. The Balaban J connectivity index is 1.65. The maximum atomic E-state index is 12.2. The predicted octanol–water partition coefficient (Wildman–Crippen LogP) is -4.50. The van der Waals surface area contributed by atoms with Crippen LogP contribution in [0.15, 0.2) is 0 Å². The zero-order valence-corrected chi connectivity index (χ0v) is 27.6. The number of hydrogen-bond acceptors (Lipinski definition) is 18. The van der Waals surface area contributed by atoms with E-state index in [0.29, 0.717) is 12.8 Å². The van der Waals surface area contributed by atoms with Crippen molar-refractivity contribution < 1.29 is 88.7 Å². The maximum absolute atomic E-state index is 12.2. The molecular weight excluding hydrogens is 662 g/mol. The van der Waals surface area contributed by atoms with Gasteiger partial charge in [0.1, 0.15) is 73.2 Å². The van der Waals surface area contributed by atoms with Crippen LogP contribution in [0.1, 0.15) is 51.9 Å². The molecule has 1 amide bonds. The van der Waals surface area contributed by atoms with Crippen molar-refractivity contribution >= 4 is 11.9 Å². The molecule has 0 aromatic heterocycles. The molecule has 3 fully saturated rings. The standard InChI is InChI=1S/C30H53NO18/c1-14(35)31-19-22(39)26(48-30-24(41)23(40)20(37)15(11-32)46-30)17(13-34)47-28(19)49-27-21(38)16(12-33)45-29(25(27)42)44-10-8-6-4-3-5-7-9-18(36)43-2/h15-17,19-30,32-34,37-42H,3-13H2,1-2H3,(H,31,35). The first-order valence-corrected chi connectivity index (χ1v) is 16.5. The SMILES string of the molecule is COC(=O)CCCCCCCCOC1OC(CO)C(O)C(OC2OC(CO)C(OC3OC(CO)C(O)C(O)C3O)C(O)C2NC(C)=O)C1O. The minimum Gasteiger partial charge on any atom is -0.469 e. The summed E-state index contributed by atoms with van der Waals surface area (Å²) in [4.78, 5) is 23.3. The molecule has 3 saturated heterocycles. The highest BCUT2D eigenvalue weighted by atomic mass is 16.8. The molecule has 3 heterocycles. The van der Waals surface area contributed by atoms with E-state index in [0.717, 1.165) is 39.0 Å². The number of methoxy groups -OCH3 is 1. The van der Waals surface area contributed by atoms with Gasteiger partial charge in [-0.15, -0.1) is 0 Å². The quantitative estimate of drug-likeness (QED) is 0.0472. The minimum atomic E-state index is -1.85. The Morgan fingerprint density at radius 2 is 1.16 bits per heavy atom. The van der Waals surface area contributed by atoms with Crippen molar-refractivity contribution in [2.75, 3.05) is 33.5 Å². The third-order valence-electron chi connectivity index (χ3n) is 8.76. The normalized spacial score (nSPS) is 39.8. The molecule has 15 atom stereocenters. The van der Waals surface area contributed by atoms with E-state index in [-0.39, 0.29) is 12.6 Å². The Labute approximate surface area is 283 Å². The van der Waals surface area contributed by atoms with Gasteiger partial charge in [-0.05, 0) is 12.8 Å². The van der Waals surface area contributed by atoms with Gasteiger partial charge in [0.25, 0.3) is 0 Å². The van der Waals surface area contributed by atoms with Gasteiger partial charge in [-0.25, -0.2) is 0 Å². The molecule has 0 spiro atoms. The van der Waals surface area contributed by atoms with Crippen molar-refractivity contribution in [3.8, 4) is 0 Å². The van der Waals surface area contributed by atoms with Crippen LogP contribution in [0.25, 0.3) is 0 Å². The zero-order valence-electron chi connectivity index (χ0n) is 27.6. The molecule has 10 N–H and O–H groups in total. The van der Waals surface area contributed by atoms with Crippen molar-refractivity contribution in [1.82, 2.24) is 5.32 Å². The number of carbonyl (C=O) groups is 2. The van der Waals surface area contributed by atoms with E-state index in [1.165, 1.54) is 7.11 Å². The van der Waals surface area contributed by atoms with Gasteiger partial charge in [-0.3, -0.25) is 9.59 Å². The number of rotatable bonds is 18. The monoisotopic (exact) mass is 715 g/mol. The van der Waals surface area contributed by atoms with E-state index < -0.39 is 118 Å². The van der Waals surface area contributed by atoms with Gasteiger partial charge in [0, 0.05) is 20.0 Å². The number of ether oxygens (including phenoxy) is 7. The Hall–Kier alpha value is -1.66. The summed E-state index contributed by atoms with van der Waals surface area (Å²) in [5.74, 6) is -0.913. The minimum absolute atomic E-state index is 0.154. The fraction of sp³-hybridized carbons (Fsp3) is 0.933. The Morgan fingerprint density at radius 1 is 0.612 bits per heavy atom. The molecule has 0 saturated carbocycles. The van der Waals surface area contributed by atoms with Crippen LogP contribution in [0.3, 0.4) is 0 Å². The second-order valence-electron chi connectivity index (χ2n) is 12.4. The molecule has 286 valence electrons. The van der Waals surface area contributed by atoms with E-state index in [1.807, 2.05) is 0 Å². The predicted molar refractivity (Wildman–Crippen MR) is 161 cm³/mol. The van der Waals surface area contributed by atoms with Crippen molar-refractivity contribution in [3.05, 3.63) is 0 Å². The van der Waals surface area contributed by atoms with Crippen LogP contribution in [0.5, 0.6) is 0 Å². The molecule has 19 heteroatoms. The Morgan fingerprint density at radius 3 is 1.78 bits per heavy atom. The van der Waals surface area contributed by atoms with Gasteiger partial charge < -0.3 is 84.4 Å². The molecule has 0 aromatic rings. The summed E-state index contributed by atoms with van der Waals surface area (Å²) < 4.78 is 38.7. The fourth-order valence-electron chi connectivity index (χ4n) is 5.96. The van der Waals surface area contributed by atoms with Crippen molar-refractivity contribution in [3.63, 3.8) is 0 Å². The third-order valence-corrected chi connectivity index (χ3v) is 8.76. The first-order chi connectivity index (χ1) is 23.4. The number of unbranched alkanes of at least 4 members (excludes halogenated alkanes) is 5. The second-order valence-corrected chi connectivity index (χ2v) is 12.4. The van der Waals surface area contributed by atoms with Crippen LogP contribution >= 0.6 is 0 Å². The number of hydrogen-bond donors (Lipinski definition) is 10. The number of aliphatic hydroxyl groups is 9. The summed E-state index contributed by atoms with van der Waals surface area (Å²) in [6.45, 7) is -0.974. The van der Waals surface area contributed by atoms with E-state index >= 15 is 0 Å². The molecule has 19 nitrogen and oxygen atoms in total. The van der Waals surface area contributed by atoms with Crippen LogP contribution in [0.4, 0.5) is 0 Å². The van der Waals surface area contributed by atoms with Crippen LogP contribution in [-0.2, 0) is 42.7 Å². The average molecular weight is 716 g/mol. The first-order valence-electron chi connectivity index (χ1n) is 16.5. The number of amides is 1. The van der Waals surface area contributed by atoms with E-state index in [1.54, 1.807) is 0 Å². The van der Waals surface area contributed by atoms with Crippen molar-refractivity contribution in [2.24, 2.45) is 0 Å². The van der Waals surface area contributed by atoms with Crippen LogP contribution in [-0.4, -0.2) is 183 Å². The van der Waals surface area contributed by atoms with E-state index in [9.17, 15) is 55.5 Å². The number of nitrogens with one attached hydrogen (secondary N) is 1. The van der Waals surface area contributed by atoms with E-state index in [4.69, 9.17) is 28.4 Å². The average Bonchev–Trinajstić information content (AvgIpc) is 3.08. The van der Waals surface area contributed by atoms with Gasteiger partial charge >= 0.3 is 5.97 Å². The topological polar surface area (TPSA) is 293 Å². The third kappa shape index (κ3) is 11.2. The summed E-state index contributed by atoms with van der Waals surface area (Å²) in [7, 11) is 1.35. The fourth-order valence-corrected chi connectivity index (χ4v) is 5.96. The largest absolute Gasteiger partial charge is 0.469 e. The smallest absolute Gasteiger partial charge is 0.305 e. The molecule has 3 rings (SSSR count). The van der Waals surface area contributed by atoms with Crippen LogP contribution in [0.2, 0.25) is 0 Å². The Bertz CT molecular complexity index is 993. The molecule has 0 bridgehead atoms. The van der Waals surface area contributed by atoms with Gasteiger partial charge in [0.2, 0.25) is 5.91 Å². The highest BCUT2D eigenvalue weighted by molar-refractivity contribution is 5.73. The zero-order chi connectivity index (χ0) is 36.2. The molecule has 15 unspecified atom stereocenters. The number of aliphatic hydroxyl groups excluding tert-OH is 9. The highest BCUT2D eigenvalue weighted by Crippen LogP contribution is 2.33. The first kappa shape index (κ1) is 41.8. The Kier molecular flexibility index (Phi) is 17.4. The number of carbonyl (C=O) groups excluding carboxylic acids is 2. The summed E-state index contributed by atoms with van der Waals surface area (Å²) >= 11 is 0. The molecule has 0 aromatic carbocycles. The van der Waals surface area contributed by atoms with Gasteiger partial charge in [-0.2, -0.15) is 0 Å². The van der Waals surface area contributed by atoms with Crippen molar-refractivity contribution in [2.45, 2.75) is 144 Å². The lowest BCUT2D eigenvalue weighted by Crippen LogP contribution is -2.69. The van der Waals surface area contributed by atoms with Gasteiger partial charge in [0.15, 0.2) is 18.9 Å². The summed E-state index contributed by atoms with van der Waals surface area (Å²) in [5.41, 5.74) is 0. The lowest BCUT2D eigenvalue weighted by molar-refractivity contribution is -0.367. The van der Waals surface area contributed by atoms with Crippen LogP contribution < -0.4 is 5.32 Å². The molecule has 49 heavy (non-hydrogen) atoms. The van der Waals surface area contributed by atoms with Crippen molar-refractivity contribution in [1.29, 1.82) is 0 Å². The molecule has 3 aliphatic heterocycles.